The summed E-state index contributed by atoms with van der Waals surface area (Å²) in [5.74, 6) is -0.583. The molecule has 0 aliphatic rings. The van der Waals surface area contributed by atoms with Crippen molar-refractivity contribution in [3.63, 3.8) is 0 Å². The number of nitrogens with zero attached hydrogens (tertiary/aromatic N) is 1. The third kappa shape index (κ3) is 4.66. The van der Waals surface area contributed by atoms with E-state index in [9.17, 15) is 18.3 Å². The van der Waals surface area contributed by atoms with Crippen LogP contribution in [0, 0.1) is 6.92 Å². The van der Waals surface area contributed by atoms with Gasteiger partial charge in [0.15, 0.2) is 6.10 Å². The molecule has 0 fully saturated rings. The maximum Gasteiger partial charge on any atom is 0.252 e. The zero-order chi connectivity index (χ0) is 18.6. The topological polar surface area (TPSA) is 86.7 Å². The highest BCUT2D eigenvalue weighted by Gasteiger charge is 2.32. The molecule has 25 heavy (non-hydrogen) atoms. The fraction of sp³-hybridized carbons (Fsp3) is 0.278. The van der Waals surface area contributed by atoms with Gasteiger partial charge in [-0.05, 0) is 24.6 Å². The van der Waals surface area contributed by atoms with Crippen molar-refractivity contribution in [2.75, 3.05) is 14.1 Å². The van der Waals surface area contributed by atoms with E-state index in [0.717, 1.165) is 5.56 Å². The van der Waals surface area contributed by atoms with Crippen LogP contribution in [0.2, 0.25) is 0 Å². The normalized spacial score (nSPS) is 13.9. The summed E-state index contributed by atoms with van der Waals surface area (Å²) in [5, 5.41) is 10.4. The van der Waals surface area contributed by atoms with E-state index in [1.165, 1.54) is 31.1 Å². The number of sulfonamides is 1. The lowest BCUT2D eigenvalue weighted by atomic mass is 10.0. The van der Waals surface area contributed by atoms with E-state index < -0.39 is 28.1 Å². The number of carbonyl (C=O) groups excluding carboxylic acids is 1. The molecule has 0 radical (unpaired) electrons. The number of hydrogen-bond donors (Lipinski definition) is 2. The maximum atomic E-state index is 12.7. The second kappa shape index (κ2) is 7.77. The number of benzene rings is 2. The van der Waals surface area contributed by atoms with Gasteiger partial charge in [-0.15, -0.1) is 0 Å². The Morgan fingerprint density at radius 2 is 1.60 bits per heavy atom. The molecular formula is C18H22N2O4S. The summed E-state index contributed by atoms with van der Waals surface area (Å²) < 4.78 is 27.8. The summed E-state index contributed by atoms with van der Waals surface area (Å²) >= 11 is 0. The first-order valence-corrected chi connectivity index (χ1v) is 9.24. The molecule has 0 heterocycles. The van der Waals surface area contributed by atoms with Crippen molar-refractivity contribution in [2.45, 2.75) is 24.0 Å². The van der Waals surface area contributed by atoms with Crippen molar-refractivity contribution in [1.82, 2.24) is 9.62 Å². The molecule has 0 aliphatic heterocycles. The first-order valence-electron chi connectivity index (χ1n) is 7.75. The lowest BCUT2D eigenvalue weighted by molar-refractivity contribution is -0.138. The molecule has 0 bridgehead atoms. The molecule has 2 aromatic rings. The minimum Gasteiger partial charge on any atom is -0.381 e. The zero-order valence-corrected chi connectivity index (χ0v) is 15.2. The summed E-state index contributed by atoms with van der Waals surface area (Å²) in [6.07, 6.45) is -1.54. The Kier molecular flexibility index (Phi) is 5.94. The Balaban J connectivity index is 2.39. The second-order valence-corrected chi connectivity index (χ2v) is 7.71. The molecule has 2 atom stereocenters. The fourth-order valence-electron chi connectivity index (χ4n) is 2.33. The highest BCUT2D eigenvalue weighted by atomic mass is 32.2. The quantitative estimate of drug-likeness (QED) is 0.815. The molecule has 2 unspecified atom stereocenters. The van der Waals surface area contributed by atoms with Crippen molar-refractivity contribution in [2.24, 2.45) is 0 Å². The van der Waals surface area contributed by atoms with Crippen LogP contribution in [0.1, 0.15) is 17.2 Å². The summed E-state index contributed by atoms with van der Waals surface area (Å²) in [6.45, 7) is 1.86. The average Bonchev–Trinajstić information content (AvgIpc) is 2.59. The molecule has 0 aromatic heterocycles. The number of aliphatic hydroxyl groups excluding tert-OH is 1. The monoisotopic (exact) mass is 362 g/mol. The van der Waals surface area contributed by atoms with Crippen LogP contribution in [0.5, 0.6) is 0 Å². The molecular weight excluding hydrogens is 340 g/mol. The van der Waals surface area contributed by atoms with Crippen molar-refractivity contribution >= 4 is 15.9 Å². The van der Waals surface area contributed by atoms with Crippen LogP contribution in [-0.4, -0.2) is 44.5 Å². The minimum atomic E-state index is -3.91. The van der Waals surface area contributed by atoms with Crippen LogP contribution in [-0.2, 0) is 14.8 Å². The van der Waals surface area contributed by atoms with Gasteiger partial charge in [0.2, 0.25) is 10.0 Å². The average molecular weight is 362 g/mol. The Hall–Kier alpha value is -2.22. The van der Waals surface area contributed by atoms with E-state index in [2.05, 4.69) is 4.72 Å². The number of nitrogens with one attached hydrogen (secondary N) is 1. The molecule has 0 saturated heterocycles. The predicted octanol–water partition coefficient (Wildman–Crippen LogP) is 1.46. The van der Waals surface area contributed by atoms with Crippen molar-refractivity contribution in [1.29, 1.82) is 0 Å². The Morgan fingerprint density at radius 3 is 2.12 bits per heavy atom. The molecule has 0 spiro atoms. The second-order valence-electron chi connectivity index (χ2n) is 6.00. The fourth-order valence-corrected chi connectivity index (χ4v) is 3.56. The van der Waals surface area contributed by atoms with E-state index in [-0.39, 0.29) is 4.90 Å². The SMILES string of the molecule is Cc1ccc(S(=O)(=O)NC(c2ccccc2)C(O)C(=O)N(C)C)cc1. The smallest absolute Gasteiger partial charge is 0.252 e. The van der Waals surface area contributed by atoms with Crippen molar-refractivity contribution in [3.05, 3.63) is 65.7 Å². The predicted molar refractivity (Wildman–Crippen MR) is 95.4 cm³/mol. The standard InChI is InChI=1S/C18H22N2O4S/c1-13-9-11-15(12-10-13)25(23,24)19-16(14-7-5-4-6-8-14)17(21)18(22)20(2)3/h4-12,16-17,19,21H,1-3H3. The van der Waals surface area contributed by atoms with Crippen LogP contribution in [0.3, 0.4) is 0 Å². The molecule has 134 valence electrons. The third-order valence-electron chi connectivity index (χ3n) is 3.78. The van der Waals surface area contributed by atoms with Gasteiger partial charge >= 0.3 is 0 Å². The third-order valence-corrected chi connectivity index (χ3v) is 5.24. The lowest BCUT2D eigenvalue weighted by Crippen LogP contribution is -2.44. The van der Waals surface area contributed by atoms with Crippen molar-refractivity contribution < 1.29 is 18.3 Å². The summed E-state index contributed by atoms with van der Waals surface area (Å²) in [6, 6.07) is 13.8. The van der Waals surface area contributed by atoms with Gasteiger partial charge in [-0.25, -0.2) is 13.1 Å². The largest absolute Gasteiger partial charge is 0.381 e. The minimum absolute atomic E-state index is 0.0727. The van der Waals surface area contributed by atoms with E-state index >= 15 is 0 Å². The molecule has 2 rings (SSSR count). The maximum absolute atomic E-state index is 12.7. The van der Waals surface area contributed by atoms with Gasteiger partial charge in [0, 0.05) is 14.1 Å². The number of hydrogen-bond acceptors (Lipinski definition) is 4. The highest BCUT2D eigenvalue weighted by Crippen LogP contribution is 2.22. The number of rotatable bonds is 6. The number of likely N-dealkylation sites (N-methyl/N-ethyl adjacent to an activating group) is 1. The first-order chi connectivity index (χ1) is 11.7. The number of carbonyl (C=O) groups is 1. The molecule has 1 amide bonds. The molecule has 0 aliphatic carbocycles. The molecule has 0 saturated carbocycles. The molecule has 2 aromatic carbocycles. The highest BCUT2D eigenvalue weighted by molar-refractivity contribution is 7.89. The number of aliphatic hydroxyl groups is 1. The number of aryl methyl sites for hydroxylation is 1. The van der Waals surface area contributed by atoms with Gasteiger partial charge in [0.1, 0.15) is 0 Å². The summed E-state index contributed by atoms with van der Waals surface area (Å²) in [7, 11) is -0.905. The van der Waals surface area contributed by atoms with Gasteiger partial charge in [0.05, 0.1) is 10.9 Å². The summed E-state index contributed by atoms with van der Waals surface area (Å²) in [4.78, 5) is 13.5. The van der Waals surface area contributed by atoms with Gasteiger partial charge in [-0.2, -0.15) is 0 Å². The number of amides is 1. The van der Waals surface area contributed by atoms with Crippen LogP contribution in [0.15, 0.2) is 59.5 Å². The summed E-state index contributed by atoms with van der Waals surface area (Å²) in [5.41, 5.74) is 1.43. The van der Waals surface area contributed by atoms with Gasteiger partial charge in [-0.1, -0.05) is 48.0 Å². The van der Waals surface area contributed by atoms with E-state index in [4.69, 9.17) is 0 Å². The van der Waals surface area contributed by atoms with E-state index in [0.29, 0.717) is 5.56 Å². The van der Waals surface area contributed by atoms with Crippen molar-refractivity contribution in [3.8, 4) is 0 Å². The van der Waals surface area contributed by atoms with E-state index in [1.54, 1.807) is 42.5 Å². The molecule has 7 heteroatoms. The Morgan fingerprint density at radius 1 is 1.04 bits per heavy atom. The van der Waals surface area contributed by atoms with Gasteiger partial charge in [0.25, 0.3) is 5.91 Å². The molecule has 2 N–H and O–H groups in total. The van der Waals surface area contributed by atoms with Gasteiger partial charge in [-0.3, -0.25) is 4.79 Å². The van der Waals surface area contributed by atoms with Crippen LogP contribution in [0.25, 0.3) is 0 Å². The van der Waals surface area contributed by atoms with Gasteiger partial charge < -0.3 is 10.0 Å². The van der Waals surface area contributed by atoms with E-state index in [1.807, 2.05) is 6.92 Å². The van der Waals surface area contributed by atoms with Crippen LogP contribution < -0.4 is 4.72 Å². The molecule has 6 nitrogen and oxygen atoms in total. The zero-order valence-electron chi connectivity index (χ0n) is 14.4. The van der Waals surface area contributed by atoms with Crippen LogP contribution in [0.4, 0.5) is 0 Å². The van der Waals surface area contributed by atoms with Crippen LogP contribution >= 0.6 is 0 Å². The Bertz CT molecular complexity index is 818. The lowest BCUT2D eigenvalue weighted by Gasteiger charge is -2.26. The Labute approximate surface area is 148 Å². The first kappa shape index (κ1) is 19.1.